The normalized spacial score (nSPS) is 14.8. The van der Waals surface area contributed by atoms with E-state index in [4.69, 9.17) is 4.74 Å². The molecule has 156 valence electrons. The highest BCUT2D eigenvalue weighted by Gasteiger charge is 2.23. The van der Waals surface area contributed by atoms with Gasteiger partial charge in [-0.3, -0.25) is 14.3 Å². The van der Waals surface area contributed by atoms with Crippen LogP contribution in [0.2, 0.25) is 0 Å². The van der Waals surface area contributed by atoms with E-state index in [2.05, 4.69) is 10.4 Å². The van der Waals surface area contributed by atoms with E-state index in [0.717, 1.165) is 23.7 Å². The molecule has 8 nitrogen and oxygen atoms in total. The number of pyridine rings is 1. The fourth-order valence-electron chi connectivity index (χ4n) is 3.78. The van der Waals surface area contributed by atoms with Crippen LogP contribution in [0.1, 0.15) is 54.8 Å². The molecule has 1 fully saturated rings. The minimum Gasteiger partial charge on any atom is -0.618 e. The van der Waals surface area contributed by atoms with Gasteiger partial charge in [-0.15, -0.1) is 0 Å². The molecule has 1 amide bonds. The van der Waals surface area contributed by atoms with E-state index in [9.17, 15) is 14.8 Å². The van der Waals surface area contributed by atoms with Gasteiger partial charge in [0.05, 0.1) is 23.9 Å². The molecule has 1 aliphatic carbocycles. The quantitative estimate of drug-likeness (QED) is 0.516. The van der Waals surface area contributed by atoms with Gasteiger partial charge in [0, 0.05) is 49.5 Å². The van der Waals surface area contributed by atoms with Crippen LogP contribution in [-0.2, 0) is 4.79 Å². The van der Waals surface area contributed by atoms with E-state index in [1.807, 2.05) is 17.8 Å². The second-order valence-corrected chi connectivity index (χ2v) is 7.52. The number of fused-ring (bicyclic) bond motifs is 1. The smallest absolute Gasteiger partial charge is 0.321 e. The van der Waals surface area contributed by atoms with E-state index in [0.29, 0.717) is 47.1 Å². The monoisotopic (exact) mass is 408 g/mol. The number of carbonyl (C=O) groups is 2. The number of carbonyl (C=O) groups excluding carboxylic acids is 2. The number of rotatable bonds is 5. The first-order valence-electron chi connectivity index (χ1n) is 10.1. The maximum atomic E-state index is 12.7. The number of hydrogen-bond donors (Lipinski definition) is 1. The summed E-state index contributed by atoms with van der Waals surface area (Å²) in [5.41, 5.74) is 1.69. The lowest BCUT2D eigenvalue weighted by molar-refractivity contribution is -0.614. The molecular formula is C22H24N4O4. The number of nitrogens with zero attached hydrogens (tertiary/aromatic N) is 3. The third-order valence-electron chi connectivity index (χ3n) is 5.42. The molecule has 1 aromatic carbocycles. The van der Waals surface area contributed by atoms with Crippen molar-refractivity contribution in [2.75, 3.05) is 11.9 Å². The summed E-state index contributed by atoms with van der Waals surface area (Å²) in [6.45, 7) is 3.93. The topological polar surface area (TPSA) is 100 Å². The van der Waals surface area contributed by atoms with Crippen LogP contribution in [0.4, 0.5) is 5.69 Å². The van der Waals surface area contributed by atoms with Gasteiger partial charge < -0.3 is 15.3 Å². The Bertz CT molecular complexity index is 1110. The zero-order chi connectivity index (χ0) is 21.3. The first-order chi connectivity index (χ1) is 14.5. The minimum atomic E-state index is -0.507. The third kappa shape index (κ3) is 3.85. The largest absolute Gasteiger partial charge is 0.618 e. The lowest BCUT2D eigenvalue weighted by Gasteiger charge is -2.20. The number of nitrogens with one attached hydrogen (secondary N) is 1. The van der Waals surface area contributed by atoms with Crippen LogP contribution >= 0.6 is 0 Å². The molecule has 8 heteroatoms. The van der Waals surface area contributed by atoms with Crippen molar-refractivity contribution in [2.24, 2.45) is 0 Å². The second-order valence-electron chi connectivity index (χ2n) is 7.52. The fourth-order valence-corrected chi connectivity index (χ4v) is 3.78. The Hall–Kier alpha value is -3.42. The third-order valence-corrected chi connectivity index (χ3v) is 5.42. The Labute approximate surface area is 174 Å². The van der Waals surface area contributed by atoms with Crippen LogP contribution < -0.4 is 14.8 Å². The highest BCUT2D eigenvalue weighted by Crippen LogP contribution is 2.33. The number of hydrogen-bond acceptors (Lipinski definition) is 5. The summed E-state index contributed by atoms with van der Waals surface area (Å²) in [5.74, 6) is 0.290. The second kappa shape index (κ2) is 8.14. The van der Waals surface area contributed by atoms with Gasteiger partial charge in [-0.05, 0) is 31.9 Å². The summed E-state index contributed by atoms with van der Waals surface area (Å²) in [6, 6.07) is 8.59. The Kier molecular flexibility index (Phi) is 5.39. The van der Waals surface area contributed by atoms with Crippen LogP contribution in [0.5, 0.6) is 5.75 Å². The summed E-state index contributed by atoms with van der Waals surface area (Å²) in [7, 11) is 0. The molecular weight excluding hydrogens is 384 g/mol. The Morgan fingerprint density at radius 3 is 2.83 bits per heavy atom. The van der Waals surface area contributed by atoms with Crippen LogP contribution in [0.3, 0.4) is 0 Å². The number of Topliss-reactive ketones (excluding diaryl/α,β-unsaturated/α-hetero) is 1. The van der Waals surface area contributed by atoms with E-state index in [1.165, 1.54) is 6.07 Å². The summed E-state index contributed by atoms with van der Waals surface area (Å²) in [4.78, 5) is 24.3. The number of amides is 1. The Balaban J connectivity index is 1.66. The van der Waals surface area contributed by atoms with Crippen molar-refractivity contribution in [3.63, 3.8) is 0 Å². The molecule has 1 aliphatic rings. The first-order valence-corrected chi connectivity index (χ1v) is 10.1. The highest BCUT2D eigenvalue weighted by molar-refractivity contribution is 6.04. The summed E-state index contributed by atoms with van der Waals surface area (Å²) >= 11 is 0. The number of anilines is 1. The van der Waals surface area contributed by atoms with Crippen molar-refractivity contribution < 1.29 is 19.1 Å². The van der Waals surface area contributed by atoms with Gasteiger partial charge in [0.2, 0.25) is 0 Å². The lowest BCUT2D eigenvalue weighted by atomic mass is 9.95. The van der Waals surface area contributed by atoms with Crippen molar-refractivity contribution in [3.05, 3.63) is 53.1 Å². The maximum Gasteiger partial charge on any atom is 0.321 e. The van der Waals surface area contributed by atoms with Gasteiger partial charge in [0.1, 0.15) is 11.5 Å². The van der Waals surface area contributed by atoms with Gasteiger partial charge in [0.15, 0.2) is 5.69 Å². The van der Waals surface area contributed by atoms with E-state index in [1.54, 1.807) is 31.2 Å². The molecule has 1 saturated carbocycles. The van der Waals surface area contributed by atoms with Gasteiger partial charge in [-0.2, -0.15) is 9.83 Å². The molecule has 0 spiro atoms. The molecule has 3 aromatic rings. The van der Waals surface area contributed by atoms with E-state index < -0.39 is 5.91 Å². The van der Waals surface area contributed by atoms with Crippen molar-refractivity contribution in [1.29, 1.82) is 0 Å². The van der Waals surface area contributed by atoms with E-state index in [-0.39, 0.29) is 11.7 Å². The molecule has 0 saturated heterocycles. The average molecular weight is 408 g/mol. The van der Waals surface area contributed by atoms with Crippen molar-refractivity contribution in [2.45, 2.75) is 45.6 Å². The zero-order valence-corrected chi connectivity index (χ0v) is 17.1. The summed E-state index contributed by atoms with van der Waals surface area (Å²) in [6.07, 6.45) is 4.66. The van der Waals surface area contributed by atoms with Crippen molar-refractivity contribution >= 4 is 28.3 Å². The van der Waals surface area contributed by atoms with Gasteiger partial charge >= 0.3 is 5.91 Å². The van der Waals surface area contributed by atoms with Crippen molar-refractivity contribution in [3.8, 4) is 5.75 Å². The zero-order valence-electron chi connectivity index (χ0n) is 17.1. The highest BCUT2D eigenvalue weighted by atomic mass is 16.5. The molecule has 30 heavy (non-hydrogen) atoms. The SMILES string of the molecule is CCOc1cc2nn(C3CCC(=O)CC3)cc2cc1NC(=O)c1cccc(C)[n+]1[O-]. The molecule has 2 aromatic heterocycles. The van der Waals surface area contributed by atoms with Gasteiger partial charge in [0.25, 0.3) is 5.69 Å². The molecule has 4 rings (SSSR count). The molecule has 0 atom stereocenters. The molecule has 0 aliphatic heterocycles. The van der Waals surface area contributed by atoms with Crippen LogP contribution in [0.25, 0.3) is 10.9 Å². The summed E-state index contributed by atoms with van der Waals surface area (Å²) < 4.78 is 8.23. The average Bonchev–Trinajstić information content (AvgIpc) is 3.13. The molecule has 0 unspecified atom stereocenters. The van der Waals surface area contributed by atoms with E-state index >= 15 is 0 Å². The predicted molar refractivity (Wildman–Crippen MR) is 112 cm³/mol. The molecule has 2 heterocycles. The fraction of sp³-hybridized carbons (Fsp3) is 0.364. The van der Waals surface area contributed by atoms with Gasteiger partial charge in [-0.1, -0.05) is 0 Å². The number of benzene rings is 1. The molecule has 1 N–H and O–H groups in total. The number of aromatic nitrogens is 3. The predicted octanol–water partition coefficient (Wildman–Crippen LogP) is 3.31. The number of aryl methyl sites for hydroxylation is 1. The lowest BCUT2D eigenvalue weighted by Crippen LogP contribution is -2.39. The Morgan fingerprint density at radius 1 is 1.33 bits per heavy atom. The standard InChI is InChI=1S/C22H24N4O4/c1-3-30-21-12-18-15(13-25(24-18)16-7-9-17(27)10-8-16)11-19(21)23-22(28)20-6-4-5-14(2)26(20)29/h4-6,11-13,16H,3,7-10H2,1-2H3,(H,23,28). The van der Waals surface area contributed by atoms with Crippen LogP contribution in [0.15, 0.2) is 36.5 Å². The number of ether oxygens (including phenoxy) is 1. The van der Waals surface area contributed by atoms with Crippen LogP contribution in [0, 0.1) is 12.1 Å². The van der Waals surface area contributed by atoms with Gasteiger partial charge in [-0.25, -0.2) is 0 Å². The summed E-state index contributed by atoms with van der Waals surface area (Å²) in [5, 5.41) is 20.5. The molecule has 0 bridgehead atoms. The van der Waals surface area contributed by atoms with Crippen LogP contribution in [-0.4, -0.2) is 28.1 Å². The molecule has 0 radical (unpaired) electrons. The van der Waals surface area contributed by atoms with Crippen molar-refractivity contribution in [1.82, 2.24) is 9.78 Å². The first kappa shape index (κ1) is 19.9. The minimum absolute atomic E-state index is 0.0140. The number of ketones is 1. The maximum absolute atomic E-state index is 12.7. The Morgan fingerprint density at radius 2 is 2.10 bits per heavy atom.